The van der Waals surface area contributed by atoms with Crippen molar-refractivity contribution < 1.29 is 19.5 Å². The predicted molar refractivity (Wildman–Crippen MR) is 59.1 cm³/mol. The zero-order valence-corrected chi connectivity index (χ0v) is 11.7. The Morgan fingerprint density at radius 3 is 1.07 bits per heavy atom. The molecule has 0 nitrogen and oxygen atoms in total. The largest absolute Gasteiger partial charge is 0.147 e. The van der Waals surface area contributed by atoms with Crippen LogP contribution in [0.2, 0.25) is 0 Å². The number of hydrogen-bond acceptors (Lipinski definition) is 0. The molecule has 0 atom stereocenters. The molecule has 14 heavy (non-hydrogen) atoms. The summed E-state index contributed by atoms with van der Waals surface area (Å²) >= 11 is 0. The zero-order chi connectivity index (χ0) is 8.23. The second kappa shape index (κ2) is 6.76. The quantitative estimate of drug-likeness (QED) is 0.681. The van der Waals surface area contributed by atoms with Gasteiger partial charge in [-0.3, -0.25) is 0 Å². The Labute approximate surface area is 104 Å². The van der Waals surface area contributed by atoms with E-state index >= 15 is 0 Å². The molecule has 0 aliphatic rings. The van der Waals surface area contributed by atoms with E-state index in [1.54, 1.807) is 0 Å². The summed E-state index contributed by atoms with van der Waals surface area (Å²) in [6.07, 6.45) is 0. The summed E-state index contributed by atoms with van der Waals surface area (Å²) in [5.41, 5.74) is 2.55. The van der Waals surface area contributed by atoms with Crippen LogP contribution in [-0.4, -0.2) is 0 Å². The van der Waals surface area contributed by atoms with E-state index in [1.807, 2.05) is 12.1 Å². The molecule has 0 fully saturated rings. The maximum absolute atomic E-state index is 2.12. The van der Waals surface area contributed by atoms with E-state index in [2.05, 4.69) is 48.5 Å². The SMILES string of the molecule is Cl.[Zn].c1ccc(-c2ccccc2)cc1. The molecule has 2 rings (SSSR count). The Balaban J connectivity index is 0.000000845. The molecular formula is C12H11ClZn. The van der Waals surface area contributed by atoms with Gasteiger partial charge in [0.25, 0.3) is 0 Å². The van der Waals surface area contributed by atoms with Crippen LogP contribution in [0.4, 0.5) is 0 Å². The van der Waals surface area contributed by atoms with Crippen LogP contribution in [0.5, 0.6) is 0 Å². The van der Waals surface area contributed by atoms with E-state index in [-0.39, 0.29) is 31.9 Å². The first-order valence-corrected chi connectivity index (χ1v) is 4.07. The van der Waals surface area contributed by atoms with Gasteiger partial charge >= 0.3 is 0 Å². The Hall–Kier alpha value is -0.647. The van der Waals surface area contributed by atoms with Gasteiger partial charge in [-0.25, -0.2) is 0 Å². The molecule has 0 saturated heterocycles. The van der Waals surface area contributed by atoms with Gasteiger partial charge in [0.1, 0.15) is 0 Å². The molecule has 0 bridgehead atoms. The third-order valence-electron chi connectivity index (χ3n) is 1.88. The molecule has 2 aromatic rings. The zero-order valence-electron chi connectivity index (χ0n) is 7.89. The van der Waals surface area contributed by atoms with Gasteiger partial charge in [0, 0.05) is 19.5 Å². The third-order valence-corrected chi connectivity index (χ3v) is 1.88. The van der Waals surface area contributed by atoms with Crippen LogP contribution in [0.3, 0.4) is 0 Å². The van der Waals surface area contributed by atoms with E-state index in [1.165, 1.54) is 11.1 Å². The van der Waals surface area contributed by atoms with Gasteiger partial charge in [0.05, 0.1) is 0 Å². The topological polar surface area (TPSA) is 0 Å². The van der Waals surface area contributed by atoms with Crippen molar-refractivity contribution in [3.05, 3.63) is 60.7 Å². The van der Waals surface area contributed by atoms with E-state index in [4.69, 9.17) is 0 Å². The smallest absolute Gasteiger partial charge is 0 e. The molecule has 0 aliphatic carbocycles. The standard InChI is InChI=1S/C12H10.ClH.Zn/c1-3-7-11(8-4-1)12-9-5-2-6-10-12;;/h1-10H;1H;. The molecule has 0 N–H and O–H groups in total. The molecule has 0 saturated carbocycles. The maximum atomic E-state index is 2.12. The summed E-state index contributed by atoms with van der Waals surface area (Å²) in [4.78, 5) is 0. The minimum Gasteiger partial charge on any atom is -0.147 e. The average Bonchev–Trinajstić information content (AvgIpc) is 2.21. The molecule has 0 spiro atoms. The Morgan fingerprint density at radius 2 is 0.786 bits per heavy atom. The molecule has 0 aliphatic heterocycles. The first kappa shape index (κ1) is 13.4. The summed E-state index contributed by atoms with van der Waals surface area (Å²) in [6.45, 7) is 0. The summed E-state index contributed by atoms with van der Waals surface area (Å²) < 4.78 is 0. The van der Waals surface area contributed by atoms with Crippen molar-refractivity contribution in [2.24, 2.45) is 0 Å². The van der Waals surface area contributed by atoms with Crippen molar-refractivity contribution in [1.82, 2.24) is 0 Å². The van der Waals surface area contributed by atoms with E-state index in [0.29, 0.717) is 0 Å². The molecular weight excluding hydrogens is 245 g/mol. The van der Waals surface area contributed by atoms with Crippen LogP contribution >= 0.6 is 12.4 Å². The van der Waals surface area contributed by atoms with Gasteiger partial charge in [-0.2, -0.15) is 0 Å². The molecule has 0 radical (unpaired) electrons. The Bertz CT molecular complexity index is 308. The van der Waals surface area contributed by atoms with Crippen LogP contribution in [0.1, 0.15) is 0 Å². The van der Waals surface area contributed by atoms with Crippen LogP contribution in [0.15, 0.2) is 60.7 Å². The van der Waals surface area contributed by atoms with Gasteiger partial charge in [-0.1, -0.05) is 60.7 Å². The maximum Gasteiger partial charge on any atom is 0 e. The van der Waals surface area contributed by atoms with Crippen LogP contribution in [0.25, 0.3) is 11.1 Å². The molecule has 0 unspecified atom stereocenters. The second-order valence-corrected chi connectivity index (χ2v) is 2.73. The number of hydrogen-bond donors (Lipinski definition) is 0. The van der Waals surface area contributed by atoms with Gasteiger partial charge in [-0.15, -0.1) is 12.4 Å². The van der Waals surface area contributed by atoms with Crippen molar-refractivity contribution in [3.8, 4) is 11.1 Å². The minimum absolute atomic E-state index is 0. The van der Waals surface area contributed by atoms with E-state index in [9.17, 15) is 0 Å². The summed E-state index contributed by atoms with van der Waals surface area (Å²) in [6, 6.07) is 20.8. The molecule has 2 aromatic carbocycles. The van der Waals surface area contributed by atoms with Crippen LogP contribution < -0.4 is 0 Å². The summed E-state index contributed by atoms with van der Waals surface area (Å²) in [5, 5.41) is 0. The van der Waals surface area contributed by atoms with Gasteiger partial charge in [-0.05, 0) is 11.1 Å². The van der Waals surface area contributed by atoms with E-state index < -0.39 is 0 Å². The van der Waals surface area contributed by atoms with Crippen molar-refractivity contribution in [2.45, 2.75) is 0 Å². The first-order valence-electron chi connectivity index (χ1n) is 4.07. The van der Waals surface area contributed by atoms with Crippen molar-refractivity contribution in [3.63, 3.8) is 0 Å². The average molecular weight is 256 g/mol. The monoisotopic (exact) mass is 254 g/mol. The van der Waals surface area contributed by atoms with Gasteiger partial charge in [0.15, 0.2) is 0 Å². The van der Waals surface area contributed by atoms with Gasteiger partial charge < -0.3 is 0 Å². The van der Waals surface area contributed by atoms with E-state index in [0.717, 1.165) is 0 Å². The molecule has 0 aromatic heterocycles. The molecule has 2 heteroatoms. The number of benzene rings is 2. The Morgan fingerprint density at radius 1 is 0.500 bits per heavy atom. The molecule has 68 valence electrons. The fourth-order valence-corrected chi connectivity index (χ4v) is 1.26. The number of rotatable bonds is 1. The fraction of sp³-hybridized carbons (Fsp3) is 0. The predicted octanol–water partition coefficient (Wildman–Crippen LogP) is 3.77. The first-order chi connectivity index (χ1) is 5.97. The second-order valence-electron chi connectivity index (χ2n) is 2.73. The van der Waals surface area contributed by atoms with Crippen LogP contribution in [-0.2, 0) is 19.5 Å². The molecule has 0 heterocycles. The number of halogens is 1. The minimum atomic E-state index is 0. The van der Waals surface area contributed by atoms with Crippen molar-refractivity contribution in [2.75, 3.05) is 0 Å². The Kier molecular flexibility index (Phi) is 6.44. The van der Waals surface area contributed by atoms with Crippen molar-refractivity contribution >= 4 is 12.4 Å². The van der Waals surface area contributed by atoms with Gasteiger partial charge in [0.2, 0.25) is 0 Å². The van der Waals surface area contributed by atoms with Crippen LogP contribution in [0, 0.1) is 0 Å². The molecule has 0 amide bonds. The van der Waals surface area contributed by atoms with Crippen molar-refractivity contribution in [1.29, 1.82) is 0 Å². The summed E-state index contributed by atoms with van der Waals surface area (Å²) in [7, 11) is 0. The summed E-state index contributed by atoms with van der Waals surface area (Å²) in [5.74, 6) is 0. The fourth-order valence-electron chi connectivity index (χ4n) is 1.26. The normalized spacial score (nSPS) is 8.29. The third kappa shape index (κ3) is 3.25.